The van der Waals surface area contributed by atoms with Gasteiger partial charge in [-0.25, -0.2) is 4.98 Å². The Hall–Kier alpha value is -1.09. The van der Waals surface area contributed by atoms with Gasteiger partial charge in [0.25, 0.3) is 0 Å². The molecule has 0 aliphatic heterocycles. The standard InChI is InChI=1S/C13H23N3/c1-6-10(2)16(5)13-8-7-12(9-15-13)11(3)14-4/h7-11,14H,6H2,1-5H3. The molecule has 1 heterocycles. The van der Waals surface area contributed by atoms with Crippen LogP contribution in [-0.2, 0) is 0 Å². The molecule has 0 bridgehead atoms. The van der Waals surface area contributed by atoms with E-state index in [0.717, 1.165) is 12.2 Å². The average molecular weight is 221 g/mol. The lowest BCUT2D eigenvalue weighted by Gasteiger charge is -2.25. The highest BCUT2D eigenvalue weighted by atomic mass is 15.2. The number of nitrogens with zero attached hydrogens (tertiary/aromatic N) is 2. The normalized spacial score (nSPS) is 14.6. The van der Waals surface area contributed by atoms with Gasteiger partial charge in [0.2, 0.25) is 0 Å². The van der Waals surface area contributed by atoms with Crippen molar-refractivity contribution >= 4 is 5.82 Å². The van der Waals surface area contributed by atoms with E-state index in [1.807, 2.05) is 13.2 Å². The number of nitrogens with one attached hydrogen (secondary N) is 1. The molecule has 0 radical (unpaired) electrons. The number of hydrogen-bond acceptors (Lipinski definition) is 3. The Bertz CT molecular complexity index is 307. The van der Waals surface area contributed by atoms with Gasteiger partial charge in [0.15, 0.2) is 0 Å². The van der Waals surface area contributed by atoms with E-state index in [1.165, 1.54) is 5.56 Å². The molecule has 0 aliphatic rings. The van der Waals surface area contributed by atoms with Crippen molar-refractivity contribution in [3.05, 3.63) is 23.9 Å². The molecule has 1 aromatic rings. The first-order valence-electron chi connectivity index (χ1n) is 5.96. The third kappa shape index (κ3) is 2.95. The van der Waals surface area contributed by atoms with Gasteiger partial charge in [0.05, 0.1) is 0 Å². The Morgan fingerprint density at radius 1 is 1.38 bits per heavy atom. The van der Waals surface area contributed by atoms with Gasteiger partial charge in [-0.3, -0.25) is 0 Å². The minimum atomic E-state index is 0.357. The summed E-state index contributed by atoms with van der Waals surface area (Å²) in [5, 5.41) is 3.21. The minimum absolute atomic E-state index is 0.357. The molecule has 16 heavy (non-hydrogen) atoms. The molecule has 2 unspecified atom stereocenters. The maximum Gasteiger partial charge on any atom is 0.128 e. The summed E-state index contributed by atoms with van der Waals surface area (Å²) in [5.41, 5.74) is 1.23. The number of pyridine rings is 1. The number of aromatic nitrogens is 1. The summed E-state index contributed by atoms with van der Waals surface area (Å²) in [5.74, 6) is 1.04. The van der Waals surface area contributed by atoms with E-state index in [9.17, 15) is 0 Å². The molecule has 90 valence electrons. The highest BCUT2D eigenvalue weighted by Gasteiger charge is 2.09. The second-order valence-corrected chi connectivity index (χ2v) is 4.33. The van der Waals surface area contributed by atoms with Gasteiger partial charge >= 0.3 is 0 Å². The monoisotopic (exact) mass is 221 g/mol. The Morgan fingerprint density at radius 3 is 2.50 bits per heavy atom. The molecule has 1 N–H and O–H groups in total. The van der Waals surface area contributed by atoms with E-state index >= 15 is 0 Å². The lowest BCUT2D eigenvalue weighted by Crippen LogP contribution is -2.28. The highest BCUT2D eigenvalue weighted by Crippen LogP contribution is 2.17. The molecule has 1 rings (SSSR count). The molecule has 0 saturated carbocycles. The number of anilines is 1. The summed E-state index contributed by atoms with van der Waals surface area (Å²) >= 11 is 0. The van der Waals surface area contributed by atoms with Gasteiger partial charge in [-0.05, 0) is 38.9 Å². The van der Waals surface area contributed by atoms with E-state index in [4.69, 9.17) is 0 Å². The first-order valence-corrected chi connectivity index (χ1v) is 5.96. The van der Waals surface area contributed by atoms with Crippen molar-refractivity contribution in [3.8, 4) is 0 Å². The molecule has 3 nitrogen and oxygen atoms in total. The third-order valence-corrected chi connectivity index (χ3v) is 3.32. The lowest BCUT2D eigenvalue weighted by atomic mass is 10.1. The molecule has 0 fully saturated rings. The molecule has 0 amide bonds. The van der Waals surface area contributed by atoms with Crippen molar-refractivity contribution in [1.82, 2.24) is 10.3 Å². The summed E-state index contributed by atoms with van der Waals surface area (Å²) in [7, 11) is 4.06. The number of rotatable bonds is 5. The predicted molar refractivity (Wildman–Crippen MR) is 69.9 cm³/mol. The zero-order chi connectivity index (χ0) is 12.1. The van der Waals surface area contributed by atoms with Crippen molar-refractivity contribution in [2.24, 2.45) is 0 Å². The average Bonchev–Trinajstić information content (AvgIpc) is 2.36. The van der Waals surface area contributed by atoms with E-state index in [2.05, 4.69) is 55.2 Å². The first kappa shape index (κ1) is 13.0. The molecule has 0 aliphatic carbocycles. The van der Waals surface area contributed by atoms with Crippen LogP contribution in [0.5, 0.6) is 0 Å². The van der Waals surface area contributed by atoms with Crippen LogP contribution in [-0.4, -0.2) is 25.1 Å². The first-order chi connectivity index (χ1) is 7.60. The minimum Gasteiger partial charge on any atom is -0.357 e. The van der Waals surface area contributed by atoms with Crippen molar-refractivity contribution in [2.45, 2.75) is 39.3 Å². The van der Waals surface area contributed by atoms with Crippen LogP contribution in [0.1, 0.15) is 38.8 Å². The van der Waals surface area contributed by atoms with Gasteiger partial charge < -0.3 is 10.2 Å². The van der Waals surface area contributed by atoms with Gasteiger partial charge in [0, 0.05) is 25.3 Å². The SMILES string of the molecule is CCC(C)N(C)c1ccc(C(C)NC)cn1. The van der Waals surface area contributed by atoms with Crippen LogP contribution in [0.4, 0.5) is 5.82 Å². The van der Waals surface area contributed by atoms with Crippen molar-refractivity contribution < 1.29 is 0 Å². The maximum absolute atomic E-state index is 4.50. The topological polar surface area (TPSA) is 28.2 Å². The molecule has 3 heteroatoms. The van der Waals surface area contributed by atoms with Crippen LogP contribution in [0.25, 0.3) is 0 Å². The second kappa shape index (κ2) is 5.85. The van der Waals surface area contributed by atoms with Crippen LogP contribution in [0.3, 0.4) is 0 Å². The van der Waals surface area contributed by atoms with E-state index in [1.54, 1.807) is 0 Å². The lowest BCUT2D eigenvalue weighted by molar-refractivity contribution is 0.642. The van der Waals surface area contributed by atoms with Crippen LogP contribution in [0, 0.1) is 0 Å². The summed E-state index contributed by atoms with van der Waals surface area (Å²) in [6.45, 7) is 6.54. The molecular weight excluding hydrogens is 198 g/mol. The maximum atomic E-state index is 4.50. The van der Waals surface area contributed by atoms with Crippen LogP contribution < -0.4 is 10.2 Å². The predicted octanol–water partition coefficient (Wildman–Crippen LogP) is 2.60. The summed E-state index contributed by atoms with van der Waals surface area (Å²) < 4.78 is 0. The largest absolute Gasteiger partial charge is 0.357 e. The fourth-order valence-corrected chi connectivity index (χ4v) is 1.53. The zero-order valence-corrected chi connectivity index (χ0v) is 11.0. The summed E-state index contributed by atoms with van der Waals surface area (Å²) in [6.07, 6.45) is 3.09. The number of hydrogen-bond donors (Lipinski definition) is 1. The molecule has 0 spiro atoms. The Kier molecular flexibility index (Phi) is 4.74. The third-order valence-electron chi connectivity index (χ3n) is 3.32. The van der Waals surface area contributed by atoms with E-state index in [0.29, 0.717) is 12.1 Å². The smallest absolute Gasteiger partial charge is 0.128 e. The van der Waals surface area contributed by atoms with Crippen LogP contribution in [0.15, 0.2) is 18.3 Å². The zero-order valence-electron chi connectivity index (χ0n) is 11.0. The Labute approximate surface area is 98.9 Å². The van der Waals surface area contributed by atoms with E-state index in [-0.39, 0.29) is 0 Å². The van der Waals surface area contributed by atoms with Crippen molar-refractivity contribution in [2.75, 3.05) is 19.0 Å². The van der Waals surface area contributed by atoms with Gasteiger partial charge in [0.1, 0.15) is 5.82 Å². The summed E-state index contributed by atoms with van der Waals surface area (Å²) in [6, 6.07) is 5.12. The van der Waals surface area contributed by atoms with Gasteiger partial charge in [-0.15, -0.1) is 0 Å². The fraction of sp³-hybridized carbons (Fsp3) is 0.615. The van der Waals surface area contributed by atoms with Gasteiger partial charge in [-0.2, -0.15) is 0 Å². The van der Waals surface area contributed by atoms with E-state index < -0.39 is 0 Å². The quantitative estimate of drug-likeness (QED) is 0.828. The Balaban J connectivity index is 2.78. The van der Waals surface area contributed by atoms with Crippen LogP contribution in [0.2, 0.25) is 0 Å². The van der Waals surface area contributed by atoms with Crippen LogP contribution >= 0.6 is 0 Å². The summed E-state index contributed by atoms with van der Waals surface area (Å²) in [4.78, 5) is 6.72. The molecule has 1 aromatic heterocycles. The van der Waals surface area contributed by atoms with Crippen molar-refractivity contribution in [3.63, 3.8) is 0 Å². The van der Waals surface area contributed by atoms with Crippen molar-refractivity contribution in [1.29, 1.82) is 0 Å². The second-order valence-electron chi connectivity index (χ2n) is 4.33. The highest BCUT2D eigenvalue weighted by molar-refractivity contribution is 5.39. The molecule has 0 aromatic carbocycles. The Morgan fingerprint density at radius 2 is 2.06 bits per heavy atom. The fourth-order valence-electron chi connectivity index (χ4n) is 1.53. The van der Waals surface area contributed by atoms with Gasteiger partial charge in [-0.1, -0.05) is 13.0 Å². The molecular formula is C13H23N3. The molecule has 2 atom stereocenters. The molecule has 0 saturated heterocycles.